The first-order valence-electron chi connectivity index (χ1n) is 7.15. The average Bonchev–Trinajstić information content (AvgIpc) is 3.16. The van der Waals surface area contributed by atoms with E-state index in [-0.39, 0.29) is 12.5 Å². The Morgan fingerprint density at radius 1 is 1.63 bits per heavy atom. The first-order chi connectivity index (χ1) is 9.19. The highest BCUT2D eigenvalue weighted by Crippen LogP contribution is 2.42. The Labute approximate surface area is 114 Å². The molecule has 1 aliphatic rings. The molecule has 0 bridgehead atoms. The summed E-state index contributed by atoms with van der Waals surface area (Å²) in [5, 5.41) is 16.0. The maximum absolute atomic E-state index is 12.2. The highest BCUT2D eigenvalue weighted by molar-refractivity contribution is 5.95. The third-order valence-corrected chi connectivity index (χ3v) is 3.67. The number of carbonyl (C=O) groups excluding carboxylic acids is 1. The minimum atomic E-state index is -0.0649. The predicted molar refractivity (Wildman–Crippen MR) is 73.2 cm³/mol. The molecule has 0 aliphatic heterocycles. The molecule has 0 spiro atoms. The fourth-order valence-corrected chi connectivity index (χ4v) is 2.21. The molecule has 1 aliphatic carbocycles. The summed E-state index contributed by atoms with van der Waals surface area (Å²) in [4.78, 5) is 12.2. The van der Waals surface area contributed by atoms with Crippen LogP contribution in [0.4, 0.5) is 0 Å². The van der Waals surface area contributed by atoms with E-state index in [0.29, 0.717) is 30.5 Å². The minimum absolute atomic E-state index is 0.0649. The van der Waals surface area contributed by atoms with Crippen LogP contribution in [0, 0.1) is 0 Å². The van der Waals surface area contributed by atoms with Crippen molar-refractivity contribution >= 4 is 5.91 Å². The molecule has 106 valence electrons. The Kier molecular flexibility index (Phi) is 4.58. The molecular weight excluding hydrogens is 242 g/mol. The van der Waals surface area contributed by atoms with Gasteiger partial charge in [0.05, 0.1) is 17.5 Å². The van der Waals surface area contributed by atoms with Crippen molar-refractivity contribution in [3.8, 4) is 0 Å². The lowest BCUT2D eigenvalue weighted by atomic mass is 10.1. The van der Waals surface area contributed by atoms with Crippen molar-refractivity contribution in [2.45, 2.75) is 51.5 Å². The highest BCUT2D eigenvalue weighted by Gasteiger charge is 2.33. The molecule has 1 amide bonds. The molecule has 1 fully saturated rings. The topological polar surface area (TPSA) is 67.2 Å². The van der Waals surface area contributed by atoms with Crippen molar-refractivity contribution < 1.29 is 9.90 Å². The number of aliphatic hydroxyl groups excluding tert-OH is 1. The molecule has 2 rings (SSSR count). The zero-order valence-electron chi connectivity index (χ0n) is 11.7. The van der Waals surface area contributed by atoms with Gasteiger partial charge in [0.2, 0.25) is 0 Å². The third kappa shape index (κ3) is 3.15. The monoisotopic (exact) mass is 265 g/mol. The number of hydrogen-bond donors (Lipinski definition) is 2. The van der Waals surface area contributed by atoms with Crippen LogP contribution >= 0.6 is 0 Å². The number of carbonyl (C=O) groups is 1. The summed E-state index contributed by atoms with van der Waals surface area (Å²) in [6.45, 7) is 4.87. The van der Waals surface area contributed by atoms with Gasteiger partial charge in [-0.3, -0.25) is 9.48 Å². The van der Waals surface area contributed by atoms with Crippen LogP contribution in [0.15, 0.2) is 6.20 Å². The van der Waals surface area contributed by atoms with Gasteiger partial charge in [0.1, 0.15) is 0 Å². The molecule has 5 nitrogen and oxygen atoms in total. The van der Waals surface area contributed by atoms with Crippen LogP contribution in [0.3, 0.4) is 0 Å². The Morgan fingerprint density at radius 2 is 2.37 bits per heavy atom. The van der Waals surface area contributed by atoms with E-state index in [4.69, 9.17) is 5.11 Å². The highest BCUT2D eigenvalue weighted by atomic mass is 16.3. The lowest BCUT2D eigenvalue weighted by Crippen LogP contribution is -2.26. The van der Waals surface area contributed by atoms with E-state index in [1.807, 2.05) is 4.68 Å². The first kappa shape index (κ1) is 14.1. The van der Waals surface area contributed by atoms with Crippen molar-refractivity contribution in [3.05, 3.63) is 17.5 Å². The van der Waals surface area contributed by atoms with E-state index in [0.717, 1.165) is 25.0 Å². The molecule has 0 radical (unpaired) electrons. The van der Waals surface area contributed by atoms with E-state index in [1.165, 1.54) is 0 Å². The molecule has 2 N–H and O–H groups in total. The van der Waals surface area contributed by atoms with Gasteiger partial charge in [-0.05, 0) is 32.6 Å². The third-order valence-electron chi connectivity index (χ3n) is 3.67. The smallest absolute Gasteiger partial charge is 0.254 e. The summed E-state index contributed by atoms with van der Waals surface area (Å²) in [6, 6.07) is 0.328. The summed E-state index contributed by atoms with van der Waals surface area (Å²) < 4.78 is 2.01. The fraction of sp³-hybridized carbons (Fsp3) is 0.714. The van der Waals surface area contributed by atoms with E-state index in [9.17, 15) is 4.79 Å². The van der Waals surface area contributed by atoms with Crippen LogP contribution in [0.2, 0.25) is 0 Å². The predicted octanol–water partition coefficient (Wildman–Crippen LogP) is 1.84. The van der Waals surface area contributed by atoms with Crippen LogP contribution in [0.5, 0.6) is 0 Å². The van der Waals surface area contributed by atoms with E-state index in [1.54, 1.807) is 6.20 Å². The van der Waals surface area contributed by atoms with Crippen molar-refractivity contribution in [1.82, 2.24) is 15.1 Å². The maximum atomic E-state index is 12.2. The maximum Gasteiger partial charge on any atom is 0.254 e. The SMILES string of the molecule is CCC(C)n1ncc(C(=O)NCCCO)c1C1CC1. The normalized spacial score (nSPS) is 16.4. The number of aliphatic hydroxyl groups is 1. The summed E-state index contributed by atoms with van der Waals surface area (Å²) in [5.74, 6) is 0.431. The van der Waals surface area contributed by atoms with Gasteiger partial charge in [0.15, 0.2) is 0 Å². The van der Waals surface area contributed by atoms with Crippen molar-refractivity contribution in [3.63, 3.8) is 0 Å². The van der Waals surface area contributed by atoms with Crippen LogP contribution in [0.25, 0.3) is 0 Å². The van der Waals surface area contributed by atoms with E-state index in [2.05, 4.69) is 24.3 Å². The zero-order chi connectivity index (χ0) is 13.8. The Balaban J connectivity index is 2.16. The molecule has 1 aromatic rings. The number of nitrogens with one attached hydrogen (secondary N) is 1. The lowest BCUT2D eigenvalue weighted by molar-refractivity contribution is 0.0950. The summed E-state index contributed by atoms with van der Waals surface area (Å²) in [7, 11) is 0. The minimum Gasteiger partial charge on any atom is -0.396 e. The standard InChI is InChI=1S/C14H23N3O2/c1-3-10(2)17-13(11-5-6-11)12(9-16-17)14(19)15-7-4-8-18/h9-11,18H,3-8H2,1-2H3,(H,15,19). The summed E-state index contributed by atoms with van der Waals surface area (Å²) in [5.41, 5.74) is 1.80. The molecule has 0 saturated heterocycles. The Bertz CT molecular complexity index is 438. The van der Waals surface area contributed by atoms with Crippen LogP contribution < -0.4 is 5.32 Å². The second-order valence-corrected chi connectivity index (χ2v) is 5.25. The van der Waals surface area contributed by atoms with Gasteiger partial charge in [-0.2, -0.15) is 5.10 Å². The second kappa shape index (κ2) is 6.19. The largest absolute Gasteiger partial charge is 0.396 e. The molecule has 0 aromatic carbocycles. The molecule has 1 atom stereocenters. The molecule has 1 saturated carbocycles. The summed E-state index contributed by atoms with van der Waals surface area (Å²) in [6.07, 6.45) is 5.59. The average molecular weight is 265 g/mol. The molecular formula is C14H23N3O2. The van der Waals surface area contributed by atoms with Gasteiger partial charge in [-0.15, -0.1) is 0 Å². The number of aromatic nitrogens is 2. The molecule has 1 unspecified atom stereocenters. The van der Waals surface area contributed by atoms with Gasteiger partial charge in [-0.1, -0.05) is 6.92 Å². The van der Waals surface area contributed by atoms with Gasteiger partial charge >= 0.3 is 0 Å². The molecule has 19 heavy (non-hydrogen) atoms. The molecule has 1 heterocycles. The van der Waals surface area contributed by atoms with Gasteiger partial charge < -0.3 is 10.4 Å². The van der Waals surface area contributed by atoms with Crippen molar-refractivity contribution in [1.29, 1.82) is 0 Å². The Hall–Kier alpha value is -1.36. The van der Waals surface area contributed by atoms with Gasteiger partial charge in [-0.25, -0.2) is 0 Å². The van der Waals surface area contributed by atoms with Gasteiger partial charge in [0, 0.05) is 25.1 Å². The van der Waals surface area contributed by atoms with Crippen molar-refractivity contribution in [2.75, 3.05) is 13.2 Å². The molecule has 5 heteroatoms. The number of nitrogens with zero attached hydrogens (tertiary/aromatic N) is 2. The Morgan fingerprint density at radius 3 is 2.95 bits per heavy atom. The lowest BCUT2D eigenvalue weighted by Gasteiger charge is -2.14. The first-order valence-corrected chi connectivity index (χ1v) is 7.15. The summed E-state index contributed by atoms with van der Waals surface area (Å²) >= 11 is 0. The van der Waals surface area contributed by atoms with E-state index >= 15 is 0 Å². The molecule has 1 aromatic heterocycles. The second-order valence-electron chi connectivity index (χ2n) is 5.25. The van der Waals surface area contributed by atoms with Gasteiger partial charge in [0.25, 0.3) is 5.91 Å². The quantitative estimate of drug-likeness (QED) is 0.739. The van der Waals surface area contributed by atoms with E-state index < -0.39 is 0 Å². The van der Waals surface area contributed by atoms with Crippen LogP contribution in [-0.4, -0.2) is 33.9 Å². The number of hydrogen-bond acceptors (Lipinski definition) is 3. The fourth-order valence-electron chi connectivity index (χ4n) is 2.21. The number of rotatable bonds is 7. The van der Waals surface area contributed by atoms with Crippen LogP contribution in [-0.2, 0) is 0 Å². The van der Waals surface area contributed by atoms with Crippen LogP contribution in [0.1, 0.15) is 67.5 Å². The number of amides is 1. The zero-order valence-corrected chi connectivity index (χ0v) is 11.7. The van der Waals surface area contributed by atoms with Crippen molar-refractivity contribution in [2.24, 2.45) is 0 Å².